The molecule has 1 fully saturated rings. The summed E-state index contributed by atoms with van der Waals surface area (Å²) >= 11 is 0. The smallest absolute Gasteiger partial charge is 0.229 e. The highest BCUT2D eigenvalue weighted by atomic mass is 16.5. The number of carbonyl (C=O) groups excluding carboxylic acids is 1. The van der Waals surface area contributed by atoms with E-state index in [0.717, 1.165) is 24.9 Å². The van der Waals surface area contributed by atoms with Crippen molar-refractivity contribution in [3.8, 4) is 0 Å². The highest BCUT2D eigenvalue weighted by molar-refractivity contribution is 5.98. The Bertz CT molecular complexity index is 530. The minimum atomic E-state index is -0.279. The lowest BCUT2D eigenvalue weighted by atomic mass is 9.77. The van der Waals surface area contributed by atoms with E-state index in [1.807, 2.05) is 0 Å². The van der Waals surface area contributed by atoms with Crippen LogP contribution in [0.2, 0.25) is 0 Å². The first kappa shape index (κ1) is 15.3. The number of amides is 1. The van der Waals surface area contributed by atoms with Gasteiger partial charge in [-0.3, -0.25) is 4.79 Å². The van der Waals surface area contributed by atoms with Crippen LogP contribution in [0.25, 0.3) is 0 Å². The van der Waals surface area contributed by atoms with Gasteiger partial charge < -0.3 is 20.6 Å². The summed E-state index contributed by atoms with van der Waals surface area (Å²) in [6.07, 6.45) is 3.37. The SMILES string of the molecule is COC1(CC(=O)N(C)c2ccc(/C(N)=N/O)cc2)CCC1. The lowest BCUT2D eigenvalue weighted by molar-refractivity contribution is -0.131. The number of amidine groups is 1. The van der Waals surface area contributed by atoms with Crippen LogP contribution in [0.3, 0.4) is 0 Å². The quantitative estimate of drug-likeness (QED) is 0.374. The molecule has 1 aliphatic carbocycles. The number of rotatable bonds is 5. The minimum Gasteiger partial charge on any atom is -0.409 e. The van der Waals surface area contributed by atoms with Crippen molar-refractivity contribution in [2.24, 2.45) is 10.9 Å². The van der Waals surface area contributed by atoms with Crippen LogP contribution < -0.4 is 10.6 Å². The van der Waals surface area contributed by atoms with Gasteiger partial charge >= 0.3 is 0 Å². The second kappa shape index (κ2) is 6.13. The molecule has 1 aromatic carbocycles. The van der Waals surface area contributed by atoms with E-state index >= 15 is 0 Å². The maximum atomic E-state index is 12.3. The maximum absolute atomic E-state index is 12.3. The highest BCUT2D eigenvalue weighted by Gasteiger charge is 2.39. The standard InChI is InChI=1S/C15H21N3O3/c1-18(13(19)10-15(21-2)8-3-9-15)12-6-4-11(5-7-12)14(16)17-20/h4-7,20H,3,8-10H2,1-2H3,(H2,16,17). The summed E-state index contributed by atoms with van der Waals surface area (Å²) in [6.45, 7) is 0. The van der Waals surface area contributed by atoms with Crippen LogP contribution in [0.5, 0.6) is 0 Å². The van der Waals surface area contributed by atoms with E-state index in [1.54, 1.807) is 43.3 Å². The Balaban J connectivity index is 2.05. The second-order valence-electron chi connectivity index (χ2n) is 5.40. The molecule has 0 radical (unpaired) electrons. The number of hydrogen-bond donors (Lipinski definition) is 2. The van der Waals surface area contributed by atoms with Crippen LogP contribution in [0.4, 0.5) is 5.69 Å². The summed E-state index contributed by atoms with van der Waals surface area (Å²) in [4.78, 5) is 13.9. The molecule has 1 aromatic rings. The molecule has 0 aliphatic heterocycles. The van der Waals surface area contributed by atoms with E-state index in [0.29, 0.717) is 12.0 Å². The van der Waals surface area contributed by atoms with E-state index < -0.39 is 0 Å². The Hall–Kier alpha value is -2.08. The Morgan fingerprint density at radius 1 is 1.43 bits per heavy atom. The van der Waals surface area contributed by atoms with Gasteiger partial charge in [-0.25, -0.2) is 0 Å². The summed E-state index contributed by atoms with van der Waals surface area (Å²) in [6, 6.07) is 6.96. The molecule has 2 rings (SSSR count). The van der Waals surface area contributed by atoms with Crippen LogP contribution in [-0.2, 0) is 9.53 Å². The second-order valence-corrected chi connectivity index (χ2v) is 5.40. The van der Waals surface area contributed by atoms with Gasteiger partial charge in [-0.05, 0) is 43.5 Å². The van der Waals surface area contributed by atoms with Crippen molar-refractivity contribution >= 4 is 17.4 Å². The van der Waals surface area contributed by atoms with Crippen molar-refractivity contribution in [2.75, 3.05) is 19.1 Å². The Morgan fingerprint density at radius 3 is 2.48 bits per heavy atom. The largest absolute Gasteiger partial charge is 0.409 e. The zero-order chi connectivity index (χ0) is 15.5. The van der Waals surface area contributed by atoms with Gasteiger partial charge in [0.05, 0.1) is 12.0 Å². The fraction of sp³-hybridized carbons (Fsp3) is 0.467. The zero-order valence-electron chi connectivity index (χ0n) is 12.4. The zero-order valence-corrected chi connectivity index (χ0v) is 12.4. The molecule has 1 saturated carbocycles. The van der Waals surface area contributed by atoms with E-state index in [-0.39, 0.29) is 17.3 Å². The fourth-order valence-corrected chi connectivity index (χ4v) is 2.48. The number of nitrogens with two attached hydrogens (primary N) is 1. The summed E-state index contributed by atoms with van der Waals surface area (Å²) < 4.78 is 5.49. The number of benzene rings is 1. The van der Waals surface area contributed by atoms with Crippen molar-refractivity contribution in [1.82, 2.24) is 0 Å². The summed E-state index contributed by atoms with van der Waals surface area (Å²) in [5.74, 6) is 0.0661. The highest BCUT2D eigenvalue weighted by Crippen LogP contribution is 2.38. The molecule has 0 aromatic heterocycles. The van der Waals surface area contributed by atoms with Crippen molar-refractivity contribution in [3.05, 3.63) is 29.8 Å². The molecule has 0 unspecified atom stereocenters. The molecule has 21 heavy (non-hydrogen) atoms. The third-order valence-corrected chi connectivity index (χ3v) is 4.20. The molecule has 0 spiro atoms. The van der Waals surface area contributed by atoms with Gasteiger partial charge in [0.2, 0.25) is 5.91 Å². The first-order valence-electron chi connectivity index (χ1n) is 6.91. The Labute approximate surface area is 124 Å². The van der Waals surface area contributed by atoms with E-state index in [9.17, 15) is 4.79 Å². The van der Waals surface area contributed by atoms with Crippen molar-refractivity contribution in [1.29, 1.82) is 0 Å². The summed E-state index contributed by atoms with van der Waals surface area (Å²) in [5.41, 5.74) is 6.60. The number of ether oxygens (including phenoxy) is 1. The number of oxime groups is 1. The predicted octanol–water partition coefficient (Wildman–Crippen LogP) is 1.70. The van der Waals surface area contributed by atoms with Gasteiger partial charge in [-0.2, -0.15) is 0 Å². The lowest BCUT2D eigenvalue weighted by Gasteiger charge is -2.40. The Kier molecular flexibility index (Phi) is 4.47. The van der Waals surface area contributed by atoms with Gasteiger partial charge in [-0.15, -0.1) is 0 Å². The molecule has 114 valence electrons. The van der Waals surface area contributed by atoms with Crippen LogP contribution in [0.15, 0.2) is 29.4 Å². The number of hydrogen-bond acceptors (Lipinski definition) is 4. The molecule has 3 N–H and O–H groups in total. The average molecular weight is 291 g/mol. The van der Waals surface area contributed by atoms with Crippen LogP contribution >= 0.6 is 0 Å². The number of methoxy groups -OCH3 is 1. The molecular weight excluding hydrogens is 270 g/mol. The van der Waals surface area contributed by atoms with E-state index in [1.165, 1.54) is 0 Å². The molecule has 1 amide bonds. The number of nitrogens with zero attached hydrogens (tertiary/aromatic N) is 2. The van der Waals surface area contributed by atoms with Crippen LogP contribution in [-0.4, -0.2) is 36.7 Å². The third-order valence-electron chi connectivity index (χ3n) is 4.20. The molecule has 0 heterocycles. The van der Waals surface area contributed by atoms with Gasteiger partial charge in [-0.1, -0.05) is 5.16 Å². The lowest BCUT2D eigenvalue weighted by Crippen LogP contribution is -2.44. The van der Waals surface area contributed by atoms with Crippen LogP contribution in [0.1, 0.15) is 31.2 Å². The monoisotopic (exact) mass is 291 g/mol. The molecule has 6 nitrogen and oxygen atoms in total. The van der Waals surface area contributed by atoms with Crippen LogP contribution in [0, 0.1) is 0 Å². The molecule has 6 heteroatoms. The average Bonchev–Trinajstić information content (AvgIpc) is 2.49. The normalized spacial score (nSPS) is 17.1. The van der Waals surface area contributed by atoms with Gasteiger partial charge in [0, 0.05) is 25.4 Å². The topological polar surface area (TPSA) is 88.2 Å². The molecule has 0 atom stereocenters. The fourth-order valence-electron chi connectivity index (χ4n) is 2.48. The first-order chi connectivity index (χ1) is 10.0. The van der Waals surface area contributed by atoms with E-state index in [4.69, 9.17) is 15.7 Å². The predicted molar refractivity (Wildman–Crippen MR) is 80.6 cm³/mol. The third kappa shape index (κ3) is 3.16. The molecular formula is C15H21N3O3. The van der Waals surface area contributed by atoms with Gasteiger partial charge in [0.25, 0.3) is 0 Å². The first-order valence-corrected chi connectivity index (χ1v) is 6.91. The van der Waals surface area contributed by atoms with Gasteiger partial charge in [0.15, 0.2) is 5.84 Å². The minimum absolute atomic E-state index is 0.0214. The summed E-state index contributed by atoms with van der Waals surface area (Å²) in [7, 11) is 3.40. The maximum Gasteiger partial charge on any atom is 0.229 e. The van der Waals surface area contributed by atoms with Crippen molar-refractivity contribution in [2.45, 2.75) is 31.3 Å². The van der Waals surface area contributed by atoms with Crippen molar-refractivity contribution < 1.29 is 14.7 Å². The Morgan fingerprint density at radius 2 is 2.05 bits per heavy atom. The molecule has 0 saturated heterocycles. The van der Waals surface area contributed by atoms with Crippen molar-refractivity contribution in [3.63, 3.8) is 0 Å². The summed E-state index contributed by atoms with van der Waals surface area (Å²) in [5, 5.41) is 11.6. The molecule has 1 aliphatic rings. The van der Waals surface area contributed by atoms with E-state index in [2.05, 4.69) is 5.16 Å². The number of carbonyl (C=O) groups is 1. The van der Waals surface area contributed by atoms with Gasteiger partial charge in [0.1, 0.15) is 0 Å². The molecule has 0 bridgehead atoms. The number of anilines is 1.